The molecule has 0 bridgehead atoms. The first kappa shape index (κ1) is 60.7. The predicted molar refractivity (Wildman–Crippen MR) is 268 cm³/mol. The predicted octanol–water partition coefficient (Wildman–Crippen LogP) is 15.0. The summed E-state index contributed by atoms with van der Waals surface area (Å²) in [6.07, 6.45) is 61.8. The third kappa shape index (κ3) is 50.5. The molecule has 0 fully saturated rings. The Morgan fingerprint density at radius 1 is 0.508 bits per heavy atom. The van der Waals surface area contributed by atoms with Crippen molar-refractivity contribution >= 4 is 13.8 Å². The molecule has 0 aromatic rings. The van der Waals surface area contributed by atoms with Crippen LogP contribution in [0.2, 0.25) is 0 Å². The SMILES string of the molecule is CC/C=C\C/C=C\C/C=C\C/C=C\CCCCCOCC(COP(=O)([O-])OCC[N+](C)(C)C)OC(=O)CCCCCCCCCCCC/C=C\C/C=C\C/C=C\CCCCCCC. The Balaban J connectivity index is 4.19. The molecule has 0 heterocycles. The quantitative estimate of drug-likeness (QED) is 0.0197. The van der Waals surface area contributed by atoms with Crippen molar-refractivity contribution in [2.75, 3.05) is 54.1 Å². The molecule has 9 heteroatoms. The van der Waals surface area contributed by atoms with E-state index in [2.05, 4.69) is 98.9 Å². The number of likely N-dealkylation sites (N-methyl/N-ethyl adjacent to an activating group) is 1. The summed E-state index contributed by atoms with van der Waals surface area (Å²) in [6.45, 7) is 5.19. The molecule has 0 aliphatic carbocycles. The second-order valence-electron chi connectivity index (χ2n) is 17.8. The van der Waals surface area contributed by atoms with E-state index in [9.17, 15) is 14.3 Å². The second kappa shape index (κ2) is 46.2. The molecule has 0 aromatic heterocycles. The van der Waals surface area contributed by atoms with E-state index in [4.69, 9.17) is 18.5 Å². The number of carbonyl (C=O) groups excluding carboxylic acids is 1. The molecule has 0 aromatic carbocycles. The van der Waals surface area contributed by atoms with Crippen LogP contribution in [-0.2, 0) is 27.9 Å². The van der Waals surface area contributed by atoms with Crippen LogP contribution in [-0.4, -0.2) is 70.7 Å². The van der Waals surface area contributed by atoms with E-state index in [1.54, 1.807) is 0 Å². The lowest BCUT2D eigenvalue weighted by molar-refractivity contribution is -0.870. The van der Waals surface area contributed by atoms with Gasteiger partial charge in [-0.1, -0.05) is 182 Å². The number of esters is 1. The first-order valence-electron chi connectivity index (χ1n) is 25.3. The van der Waals surface area contributed by atoms with E-state index in [-0.39, 0.29) is 25.8 Å². The number of rotatable bonds is 46. The van der Waals surface area contributed by atoms with Crippen molar-refractivity contribution in [2.45, 2.75) is 200 Å². The molecular weight excluding hydrogens is 806 g/mol. The number of quaternary nitrogens is 1. The van der Waals surface area contributed by atoms with Crippen LogP contribution < -0.4 is 4.89 Å². The van der Waals surface area contributed by atoms with Gasteiger partial charge in [0.15, 0.2) is 0 Å². The number of allylic oxidation sites excluding steroid dienone is 14. The van der Waals surface area contributed by atoms with E-state index in [1.165, 1.54) is 89.9 Å². The van der Waals surface area contributed by atoms with Crippen molar-refractivity contribution in [1.29, 1.82) is 0 Å². The van der Waals surface area contributed by atoms with Crippen LogP contribution in [0, 0.1) is 0 Å². The first-order chi connectivity index (χ1) is 30.6. The lowest BCUT2D eigenvalue weighted by Crippen LogP contribution is -2.37. The summed E-state index contributed by atoms with van der Waals surface area (Å²) in [4.78, 5) is 25.2. The van der Waals surface area contributed by atoms with Gasteiger partial charge in [0, 0.05) is 13.0 Å². The highest BCUT2D eigenvalue weighted by Gasteiger charge is 2.20. The summed E-state index contributed by atoms with van der Waals surface area (Å²) in [5, 5.41) is 0. The van der Waals surface area contributed by atoms with Crippen LogP contribution in [0.15, 0.2) is 85.1 Å². The third-order valence-corrected chi connectivity index (χ3v) is 11.4. The molecule has 0 saturated carbocycles. The number of ether oxygens (including phenoxy) is 2. The normalized spacial score (nSPS) is 14.3. The fraction of sp³-hybridized carbons (Fsp3) is 0.722. The molecular formula is C54H96NO7P. The molecule has 364 valence electrons. The number of phosphoric acid groups is 1. The minimum Gasteiger partial charge on any atom is -0.756 e. The van der Waals surface area contributed by atoms with Gasteiger partial charge in [-0.3, -0.25) is 9.36 Å². The van der Waals surface area contributed by atoms with Gasteiger partial charge in [0.25, 0.3) is 7.82 Å². The van der Waals surface area contributed by atoms with Gasteiger partial charge in [0.2, 0.25) is 0 Å². The summed E-state index contributed by atoms with van der Waals surface area (Å²) in [5.74, 6) is -0.352. The molecule has 0 aliphatic heterocycles. The van der Waals surface area contributed by atoms with E-state index in [0.717, 1.165) is 83.5 Å². The van der Waals surface area contributed by atoms with Crippen LogP contribution >= 0.6 is 7.82 Å². The van der Waals surface area contributed by atoms with Crippen LogP contribution in [0.3, 0.4) is 0 Å². The van der Waals surface area contributed by atoms with Crippen molar-refractivity contribution in [1.82, 2.24) is 0 Å². The lowest BCUT2D eigenvalue weighted by Gasteiger charge is -2.28. The standard InChI is InChI=1S/C54H96NO7P/c1-6-8-10-12-14-16-18-20-22-24-25-26-27-28-29-30-31-32-33-35-37-39-41-43-45-47-54(56)62-53(52-61-63(57,58)60-50-48-55(3,4)5)51-59-49-46-44-42-40-38-36-34-23-21-19-17-15-13-11-9-7-2/h9,11,15,17-18,20-21,23-25,27-28,36,38,53H,6-8,10,12-14,16,19,22,26,29-35,37,39-52H2,1-5H3/b11-9-,17-15-,20-18-,23-21-,25-24-,28-27-,38-36-. The zero-order valence-corrected chi connectivity index (χ0v) is 42.1. The molecule has 0 saturated heterocycles. The summed E-state index contributed by atoms with van der Waals surface area (Å²) in [5.41, 5.74) is 0. The van der Waals surface area contributed by atoms with E-state index < -0.39 is 13.9 Å². The minimum atomic E-state index is -4.55. The van der Waals surface area contributed by atoms with Crippen molar-refractivity contribution in [3.05, 3.63) is 85.1 Å². The van der Waals surface area contributed by atoms with Gasteiger partial charge in [0.05, 0.1) is 34.4 Å². The topological polar surface area (TPSA) is 94.1 Å². The average molecular weight is 902 g/mol. The smallest absolute Gasteiger partial charge is 0.306 e. The fourth-order valence-electron chi connectivity index (χ4n) is 6.54. The van der Waals surface area contributed by atoms with Crippen LogP contribution in [0.4, 0.5) is 0 Å². The number of hydrogen-bond donors (Lipinski definition) is 0. The molecule has 2 atom stereocenters. The van der Waals surface area contributed by atoms with E-state index >= 15 is 0 Å². The number of carbonyl (C=O) groups is 1. The Kier molecular flexibility index (Phi) is 44.5. The van der Waals surface area contributed by atoms with E-state index in [1.807, 2.05) is 21.1 Å². The Morgan fingerprint density at radius 2 is 0.921 bits per heavy atom. The summed E-state index contributed by atoms with van der Waals surface area (Å²) in [7, 11) is 1.32. The summed E-state index contributed by atoms with van der Waals surface area (Å²) < 4.78 is 34.7. The van der Waals surface area contributed by atoms with Crippen LogP contribution in [0.25, 0.3) is 0 Å². The monoisotopic (exact) mass is 902 g/mol. The fourth-order valence-corrected chi connectivity index (χ4v) is 7.27. The Labute approximate surface area is 388 Å². The highest BCUT2D eigenvalue weighted by atomic mass is 31.2. The van der Waals surface area contributed by atoms with Crippen molar-refractivity contribution in [3.8, 4) is 0 Å². The lowest BCUT2D eigenvalue weighted by atomic mass is 10.0. The molecule has 0 aliphatic rings. The van der Waals surface area contributed by atoms with Crippen LogP contribution in [0.5, 0.6) is 0 Å². The number of hydrogen-bond acceptors (Lipinski definition) is 7. The molecule has 0 radical (unpaired) electrons. The molecule has 63 heavy (non-hydrogen) atoms. The summed E-state index contributed by atoms with van der Waals surface area (Å²) in [6, 6.07) is 0. The Hall–Kier alpha value is -2.32. The van der Waals surface area contributed by atoms with Crippen LogP contribution in [0.1, 0.15) is 194 Å². The zero-order valence-electron chi connectivity index (χ0n) is 41.2. The van der Waals surface area contributed by atoms with Gasteiger partial charge < -0.3 is 27.9 Å². The Bertz CT molecular complexity index is 1280. The maximum Gasteiger partial charge on any atom is 0.306 e. The highest BCUT2D eigenvalue weighted by Crippen LogP contribution is 2.38. The molecule has 0 N–H and O–H groups in total. The maximum absolute atomic E-state index is 12.7. The van der Waals surface area contributed by atoms with Gasteiger partial charge in [0.1, 0.15) is 19.3 Å². The number of nitrogens with zero attached hydrogens (tertiary/aromatic N) is 1. The number of unbranched alkanes of at least 4 members (excludes halogenated alkanes) is 18. The van der Waals surface area contributed by atoms with Crippen molar-refractivity contribution < 1.29 is 37.3 Å². The van der Waals surface area contributed by atoms with Gasteiger partial charge in [-0.2, -0.15) is 0 Å². The second-order valence-corrected chi connectivity index (χ2v) is 19.2. The number of phosphoric ester groups is 1. The van der Waals surface area contributed by atoms with Gasteiger partial charge in [-0.25, -0.2) is 0 Å². The van der Waals surface area contributed by atoms with E-state index in [0.29, 0.717) is 24.1 Å². The minimum absolute atomic E-state index is 0.0144. The van der Waals surface area contributed by atoms with Gasteiger partial charge in [-0.05, 0) is 89.9 Å². The molecule has 0 spiro atoms. The zero-order chi connectivity index (χ0) is 46.2. The van der Waals surface area contributed by atoms with Gasteiger partial charge >= 0.3 is 5.97 Å². The molecule has 8 nitrogen and oxygen atoms in total. The molecule has 0 amide bonds. The van der Waals surface area contributed by atoms with Gasteiger partial charge in [-0.15, -0.1) is 0 Å². The first-order valence-corrected chi connectivity index (χ1v) is 26.8. The average Bonchev–Trinajstić information content (AvgIpc) is 3.24. The van der Waals surface area contributed by atoms with Crippen molar-refractivity contribution in [2.24, 2.45) is 0 Å². The maximum atomic E-state index is 12.7. The highest BCUT2D eigenvalue weighted by molar-refractivity contribution is 7.45. The van der Waals surface area contributed by atoms with Crippen molar-refractivity contribution in [3.63, 3.8) is 0 Å². The third-order valence-electron chi connectivity index (χ3n) is 10.4. The summed E-state index contributed by atoms with van der Waals surface area (Å²) >= 11 is 0. The molecule has 2 unspecified atom stereocenters. The molecule has 0 rings (SSSR count). The Morgan fingerprint density at radius 3 is 1.38 bits per heavy atom. The largest absolute Gasteiger partial charge is 0.756 e.